The van der Waals surface area contributed by atoms with Crippen LogP contribution in [0.1, 0.15) is 77.7 Å². The molecule has 0 aromatic heterocycles. The van der Waals surface area contributed by atoms with Gasteiger partial charge in [0.15, 0.2) is 0 Å². The van der Waals surface area contributed by atoms with Crippen molar-refractivity contribution in [1.82, 2.24) is 15.5 Å². The highest BCUT2D eigenvalue weighted by Gasteiger charge is 2.53. The lowest BCUT2D eigenvalue weighted by Gasteiger charge is -2.40. The molecule has 3 N–H and O–H groups in total. The van der Waals surface area contributed by atoms with Crippen LogP contribution in [-0.4, -0.2) is 40.7 Å². The molecule has 1 saturated heterocycles. The molecular formula is C27H38N4O4. The molecule has 35 heavy (non-hydrogen) atoms. The molecule has 3 fully saturated rings. The van der Waals surface area contributed by atoms with Crippen molar-refractivity contribution in [3.05, 3.63) is 29.8 Å². The van der Waals surface area contributed by atoms with E-state index in [0.29, 0.717) is 24.4 Å². The van der Waals surface area contributed by atoms with Crippen LogP contribution in [0.25, 0.3) is 0 Å². The summed E-state index contributed by atoms with van der Waals surface area (Å²) in [5.74, 6) is -0.0492. The monoisotopic (exact) mass is 482 g/mol. The van der Waals surface area contributed by atoms with Crippen molar-refractivity contribution in [2.45, 2.75) is 84.2 Å². The van der Waals surface area contributed by atoms with Gasteiger partial charge in [-0.3, -0.25) is 19.3 Å². The highest BCUT2D eigenvalue weighted by molar-refractivity contribution is 6.09. The molecule has 8 nitrogen and oxygen atoms in total. The van der Waals surface area contributed by atoms with Crippen LogP contribution in [0.5, 0.6) is 0 Å². The normalized spacial score (nSPS) is 25.1. The number of benzene rings is 1. The van der Waals surface area contributed by atoms with Crippen LogP contribution < -0.4 is 16.0 Å². The Morgan fingerprint density at radius 3 is 2.43 bits per heavy atom. The number of carbonyl (C=O) groups excluding carboxylic acids is 4. The smallest absolute Gasteiger partial charge is 0.325 e. The molecule has 2 aliphatic carbocycles. The number of rotatable bonds is 6. The lowest BCUT2D eigenvalue weighted by molar-refractivity contribution is -0.136. The summed E-state index contributed by atoms with van der Waals surface area (Å²) in [5.41, 5.74) is 0.835. The van der Waals surface area contributed by atoms with Gasteiger partial charge in [-0.05, 0) is 67.6 Å². The third kappa shape index (κ3) is 5.68. The van der Waals surface area contributed by atoms with Crippen molar-refractivity contribution in [1.29, 1.82) is 0 Å². The number of anilines is 1. The summed E-state index contributed by atoms with van der Waals surface area (Å²) < 4.78 is 0. The number of nitrogens with one attached hydrogen (secondary N) is 3. The first kappa shape index (κ1) is 25.2. The van der Waals surface area contributed by atoms with E-state index in [1.165, 1.54) is 0 Å². The van der Waals surface area contributed by atoms with E-state index < -0.39 is 17.5 Å². The van der Waals surface area contributed by atoms with Crippen molar-refractivity contribution in [3.8, 4) is 0 Å². The van der Waals surface area contributed by atoms with Crippen molar-refractivity contribution < 1.29 is 19.2 Å². The van der Waals surface area contributed by atoms with Crippen LogP contribution in [0.3, 0.4) is 0 Å². The van der Waals surface area contributed by atoms with E-state index in [1.807, 2.05) is 24.3 Å². The molecule has 0 atom stereocenters. The second kappa shape index (κ2) is 9.99. The third-order valence-corrected chi connectivity index (χ3v) is 8.02. The SMILES string of the molecule is CC(C)(C)C1CCC2(CC1)NC(=O)N(CC(=O)NCc1cccc(NC(=O)C3CCCC3)c1)C2=O. The summed E-state index contributed by atoms with van der Waals surface area (Å²) in [7, 11) is 0. The van der Waals surface area contributed by atoms with Gasteiger partial charge in [-0.1, -0.05) is 45.7 Å². The third-order valence-electron chi connectivity index (χ3n) is 8.02. The zero-order valence-corrected chi connectivity index (χ0v) is 21.1. The average Bonchev–Trinajstić information content (AvgIpc) is 3.42. The number of hydrogen-bond acceptors (Lipinski definition) is 4. The van der Waals surface area contributed by atoms with Gasteiger partial charge in [0.2, 0.25) is 11.8 Å². The van der Waals surface area contributed by atoms with E-state index in [0.717, 1.165) is 49.0 Å². The summed E-state index contributed by atoms with van der Waals surface area (Å²) in [6.07, 6.45) is 7.03. The molecule has 3 aliphatic rings. The summed E-state index contributed by atoms with van der Waals surface area (Å²) in [6.45, 7) is 6.57. The van der Waals surface area contributed by atoms with Gasteiger partial charge < -0.3 is 16.0 Å². The predicted octanol–water partition coefficient (Wildman–Crippen LogP) is 3.96. The van der Waals surface area contributed by atoms with Gasteiger partial charge in [0.1, 0.15) is 12.1 Å². The molecule has 8 heteroatoms. The molecule has 1 aliphatic heterocycles. The van der Waals surface area contributed by atoms with Gasteiger partial charge >= 0.3 is 6.03 Å². The fourth-order valence-corrected chi connectivity index (χ4v) is 5.73. The lowest BCUT2D eigenvalue weighted by atomic mass is 9.67. The predicted molar refractivity (Wildman–Crippen MR) is 133 cm³/mol. The van der Waals surface area contributed by atoms with E-state index >= 15 is 0 Å². The molecule has 190 valence electrons. The Bertz CT molecular complexity index is 985. The van der Waals surface area contributed by atoms with Crippen LogP contribution in [0.2, 0.25) is 0 Å². The molecule has 0 unspecified atom stereocenters. The Hall–Kier alpha value is -2.90. The lowest BCUT2D eigenvalue weighted by Crippen LogP contribution is -2.51. The van der Waals surface area contributed by atoms with E-state index in [1.54, 1.807) is 0 Å². The first-order valence-electron chi connectivity index (χ1n) is 12.9. The zero-order chi connectivity index (χ0) is 25.2. The molecule has 1 heterocycles. The van der Waals surface area contributed by atoms with Crippen molar-refractivity contribution in [2.75, 3.05) is 11.9 Å². The number of carbonyl (C=O) groups is 4. The average molecular weight is 483 g/mol. The van der Waals surface area contributed by atoms with E-state index in [2.05, 4.69) is 36.7 Å². The van der Waals surface area contributed by atoms with Gasteiger partial charge in [0.05, 0.1) is 0 Å². The molecule has 4 rings (SSSR count). The van der Waals surface area contributed by atoms with E-state index in [-0.39, 0.29) is 36.2 Å². The maximum atomic E-state index is 13.1. The summed E-state index contributed by atoms with van der Waals surface area (Å²) in [5, 5.41) is 8.65. The highest BCUT2D eigenvalue weighted by atomic mass is 16.2. The summed E-state index contributed by atoms with van der Waals surface area (Å²) >= 11 is 0. The number of urea groups is 1. The maximum Gasteiger partial charge on any atom is 0.325 e. The van der Waals surface area contributed by atoms with E-state index in [4.69, 9.17) is 0 Å². The Labute approximate surface area is 207 Å². The van der Waals surface area contributed by atoms with Crippen LogP contribution in [0.15, 0.2) is 24.3 Å². The van der Waals surface area contributed by atoms with Gasteiger partial charge in [-0.15, -0.1) is 0 Å². The molecular weight excluding hydrogens is 444 g/mol. The molecule has 2 saturated carbocycles. The van der Waals surface area contributed by atoms with Crippen molar-refractivity contribution in [3.63, 3.8) is 0 Å². The number of amides is 5. The minimum Gasteiger partial charge on any atom is -0.350 e. The van der Waals surface area contributed by atoms with Crippen LogP contribution in [0, 0.1) is 17.3 Å². The molecule has 1 spiro atoms. The fourth-order valence-electron chi connectivity index (χ4n) is 5.73. The van der Waals surface area contributed by atoms with Crippen LogP contribution in [0.4, 0.5) is 10.5 Å². The summed E-state index contributed by atoms with van der Waals surface area (Å²) in [6, 6.07) is 6.88. The standard InChI is InChI=1S/C27H38N4O4/c1-26(2,3)20-11-13-27(14-12-20)24(34)31(25(35)30-27)17-22(32)28-16-18-7-6-10-21(15-18)29-23(33)19-8-4-5-9-19/h6-7,10,15,19-20H,4-5,8-9,11-14,16-17H2,1-3H3,(H,28,32)(H,29,33)(H,30,35). The first-order valence-corrected chi connectivity index (χ1v) is 12.9. The number of hydrogen-bond donors (Lipinski definition) is 3. The maximum absolute atomic E-state index is 13.1. The van der Waals surface area contributed by atoms with Crippen LogP contribution >= 0.6 is 0 Å². The van der Waals surface area contributed by atoms with Gasteiger partial charge in [-0.2, -0.15) is 0 Å². The molecule has 1 aromatic carbocycles. The van der Waals surface area contributed by atoms with E-state index in [9.17, 15) is 19.2 Å². The summed E-state index contributed by atoms with van der Waals surface area (Å²) in [4.78, 5) is 51.7. The Balaban J connectivity index is 1.28. The van der Waals surface area contributed by atoms with Crippen molar-refractivity contribution in [2.24, 2.45) is 17.3 Å². The van der Waals surface area contributed by atoms with Gasteiger partial charge in [0.25, 0.3) is 5.91 Å². The molecule has 5 amide bonds. The molecule has 1 aromatic rings. The second-order valence-electron chi connectivity index (χ2n) is 11.5. The number of nitrogens with zero attached hydrogens (tertiary/aromatic N) is 1. The Kier molecular flexibility index (Phi) is 7.20. The highest BCUT2D eigenvalue weighted by Crippen LogP contribution is 2.43. The van der Waals surface area contributed by atoms with Gasteiger partial charge in [-0.25, -0.2) is 4.79 Å². The molecule has 0 radical (unpaired) electrons. The van der Waals surface area contributed by atoms with Crippen LogP contribution in [-0.2, 0) is 20.9 Å². The topological polar surface area (TPSA) is 108 Å². The quantitative estimate of drug-likeness (QED) is 0.534. The fraction of sp³-hybridized carbons (Fsp3) is 0.630. The van der Waals surface area contributed by atoms with Crippen molar-refractivity contribution >= 4 is 29.4 Å². The van der Waals surface area contributed by atoms with Gasteiger partial charge in [0, 0.05) is 18.2 Å². The largest absolute Gasteiger partial charge is 0.350 e. The molecule has 0 bridgehead atoms. The Morgan fingerprint density at radius 1 is 1.09 bits per heavy atom. The minimum atomic E-state index is -0.870. The number of imide groups is 1. The minimum absolute atomic E-state index is 0.0488. The first-order chi connectivity index (χ1) is 16.6. The zero-order valence-electron chi connectivity index (χ0n) is 21.1. The second-order valence-corrected chi connectivity index (χ2v) is 11.5. The Morgan fingerprint density at radius 2 is 1.77 bits per heavy atom.